The van der Waals surface area contributed by atoms with E-state index >= 15 is 0 Å². The van der Waals surface area contributed by atoms with Gasteiger partial charge in [-0.1, -0.05) is 54.1 Å². The van der Waals surface area contributed by atoms with Gasteiger partial charge in [-0.05, 0) is 46.3 Å². The first-order valence-electron chi connectivity index (χ1n) is 8.92. The molecular formula is C21H17ClN6O. The van der Waals surface area contributed by atoms with Crippen molar-refractivity contribution in [3.8, 4) is 5.69 Å². The van der Waals surface area contributed by atoms with Crippen LogP contribution in [-0.4, -0.2) is 26.1 Å². The second-order valence-electron chi connectivity index (χ2n) is 6.26. The summed E-state index contributed by atoms with van der Waals surface area (Å²) in [4.78, 5) is 12.8. The van der Waals surface area contributed by atoms with E-state index in [-0.39, 0.29) is 5.91 Å². The number of hydrogen-bond donors (Lipinski definition) is 2. The fraction of sp³-hybridized carbons (Fsp3) is 0.0476. The number of aromatic nitrogens is 4. The highest BCUT2D eigenvalue weighted by Crippen LogP contribution is 2.26. The lowest BCUT2D eigenvalue weighted by molar-refractivity contribution is 0.102. The summed E-state index contributed by atoms with van der Waals surface area (Å²) in [5.74, 6) is -0.280. The molecule has 0 aliphatic rings. The van der Waals surface area contributed by atoms with Crippen LogP contribution in [0, 0.1) is 0 Å². The summed E-state index contributed by atoms with van der Waals surface area (Å²) in [6.07, 6.45) is 1.44. The van der Waals surface area contributed by atoms with Crippen molar-refractivity contribution in [1.82, 2.24) is 20.2 Å². The molecule has 0 spiro atoms. The van der Waals surface area contributed by atoms with Gasteiger partial charge in [-0.2, -0.15) is 4.68 Å². The minimum Gasteiger partial charge on any atom is -0.380 e. The first kappa shape index (κ1) is 18.6. The monoisotopic (exact) mass is 404 g/mol. The van der Waals surface area contributed by atoms with Crippen LogP contribution >= 0.6 is 11.6 Å². The van der Waals surface area contributed by atoms with Gasteiger partial charge in [-0.3, -0.25) is 4.79 Å². The maximum Gasteiger partial charge on any atom is 0.257 e. The number of hydrogen-bond acceptors (Lipinski definition) is 5. The van der Waals surface area contributed by atoms with Crippen molar-refractivity contribution in [1.29, 1.82) is 0 Å². The maximum absolute atomic E-state index is 12.8. The quantitative estimate of drug-likeness (QED) is 0.503. The van der Waals surface area contributed by atoms with Crippen LogP contribution in [-0.2, 0) is 6.54 Å². The third kappa shape index (κ3) is 4.41. The van der Waals surface area contributed by atoms with E-state index in [1.165, 1.54) is 11.0 Å². The Bertz CT molecular complexity index is 1120. The molecule has 1 heterocycles. The number of tetrazole rings is 1. The van der Waals surface area contributed by atoms with Gasteiger partial charge in [0, 0.05) is 12.2 Å². The molecule has 0 fully saturated rings. The summed E-state index contributed by atoms with van der Waals surface area (Å²) in [7, 11) is 0. The predicted octanol–water partition coefficient (Wildman–Crippen LogP) is 4.18. The standard InChI is InChI=1S/C21H17ClN6O/c22-18-12-16(10-11-19(18)23-13-15-6-2-1-3-7-15)25-21(29)17-8-4-5-9-20(17)28-14-24-26-27-28/h1-12,14,23H,13H2,(H,25,29). The summed E-state index contributed by atoms with van der Waals surface area (Å²) in [6.45, 7) is 0.658. The molecule has 1 amide bonds. The Hall–Kier alpha value is -3.71. The van der Waals surface area contributed by atoms with E-state index in [0.717, 1.165) is 11.3 Å². The molecule has 1 aromatic heterocycles. The number of amides is 1. The number of carbonyl (C=O) groups excluding carboxylic acids is 1. The number of halogens is 1. The molecule has 8 heteroatoms. The van der Waals surface area contributed by atoms with Gasteiger partial charge in [0.15, 0.2) is 0 Å². The van der Waals surface area contributed by atoms with Gasteiger partial charge < -0.3 is 10.6 Å². The van der Waals surface area contributed by atoms with Crippen molar-refractivity contribution in [2.45, 2.75) is 6.54 Å². The smallest absolute Gasteiger partial charge is 0.257 e. The Morgan fingerprint density at radius 1 is 1.00 bits per heavy atom. The Labute approximate surface area is 172 Å². The van der Waals surface area contributed by atoms with Crippen LogP contribution in [0.1, 0.15) is 15.9 Å². The molecular weight excluding hydrogens is 388 g/mol. The van der Waals surface area contributed by atoms with Crippen LogP contribution < -0.4 is 10.6 Å². The molecule has 29 heavy (non-hydrogen) atoms. The third-order valence-corrected chi connectivity index (χ3v) is 4.61. The molecule has 0 saturated carbocycles. The van der Waals surface area contributed by atoms with Crippen molar-refractivity contribution in [2.24, 2.45) is 0 Å². The Morgan fingerprint density at radius 3 is 2.55 bits per heavy atom. The molecule has 2 N–H and O–H groups in total. The summed E-state index contributed by atoms with van der Waals surface area (Å²) in [5.41, 5.74) is 3.57. The number of nitrogens with zero attached hydrogens (tertiary/aromatic N) is 4. The van der Waals surface area contributed by atoms with Crippen LogP contribution in [0.25, 0.3) is 5.69 Å². The highest BCUT2D eigenvalue weighted by Gasteiger charge is 2.14. The van der Waals surface area contributed by atoms with E-state index in [9.17, 15) is 4.79 Å². The molecule has 4 rings (SSSR count). The lowest BCUT2D eigenvalue weighted by Crippen LogP contribution is -2.15. The Kier molecular flexibility index (Phi) is 5.49. The number of anilines is 2. The lowest BCUT2D eigenvalue weighted by Gasteiger charge is -2.12. The van der Waals surface area contributed by atoms with Crippen molar-refractivity contribution in [3.63, 3.8) is 0 Å². The molecule has 0 aliphatic heterocycles. The molecule has 0 saturated heterocycles. The summed E-state index contributed by atoms with van der Waals surface area (Å²) >= 11 is 6.39. The van der Waals surface area contributed by atoms with E-state index in [0.29, 0.717) is 28.5 Å². The summed E-state index contributed by atoms with van der Waals surface area (Å²) in [6, 6.07) is 22.5. The van der Waals surface area contributed by atoms with Gasteiger partial charge >= 0.3 is 0 Å². The average molecular weight is 405 g/mol. The fourth-order valence-electron chi connectivity index (χ4n) is 2.86. The van der Waals surface area contributed by atoms with Crippen LogP contribution in [0.3, 0.4) is 0 Å². The minimum absolute atomic E-state index is 0.280. The fourth-order valence-corrected chi connectivity index (χ4v) is 3.11. The molecule has 0 radical (unpaired) electrons. The topological polar surface area (TPSA) is 84.7 Å². The molecule has 3 aromatic carbocycles. The van der Waals surface area contributed by atoms with Gasteiger partial charge in [0.1, 0.15) is 6.33 Å². The molecule has 144 valence electrons. The van der Waals surface area contributed by atoms with E-state index in [4.69, 9.17) is 11.6 Å². The van der Waals surface area contributed by atoms with Crippen molar-refractivity contribution >= 4 is 28.9 Å². The number of benzene rings is 3. The molecule has 0 bridgehead atoms. The minimum atomic E-state index is -0.280. The third-order valence-electron chi connectivity index (χ3n) is 4.30. The maximum atomic E-state index is 12.8. The number of carbonyl (C=O) groups is 1. The first-order valence-corrected chi connectivity index (χ1v) is 9.29. The Morgan fingerprint density at radius 2 is 1.79 bits per heavy atom. The Balaban J connectivity index is 1.48. The SMILES string of the molecule is O=C(Nc1ccc(NCc2ccccc2)c(Cl)c1)c1ccccc1-n1cnnn1. The number of para-hydroxylation sites is 1. The summed E-state index contributed by atoms with van der Waals surface area (Å²) in [5, 5.41) is 17.8. The van der Waals surface area contributed by atoms with Gasteiger partial charge in [-0.25, -0.2) is 0 Å². The van der Waals surface area contributed by atoms with Crippen molar-refractivity contribution < 1.29 is 4.79 Å². The molecule has 0 unspecified atom stereocenters. The zero-order chi connectivity index (χ0) is 20.1. The number of rotatable bonds is 6. The average Bonchev–Trinajstić information content (AvgIpc) is 3.29. The van der Waals surface area contributed by atoms with Gasteiger partial charge in [-0.15, -0.1) is 5.10 Å². The van der Waals surface area contributed by atoms with Crippen LogP contribution in [0.15, 0.2) is 79.1 Å². The molecule has 4 aromatic rings. The van der Waals surface area contributed by atoms with Crippen LogP contribution in [0.4, 0.5) is 11.4 Å². The van der Waals surface area contributed by atoms with Crippen molar-refractivity contribution in [2.75, 3.05) is 10.6 Å². The van der Waals surface area contributed by atoms with E-state index in [1.807, 2.05) is 42.5 Å². The predicted molar refractivity (Wildman–Crippen MR) is 112 cm³/mol. The summed E-state index contributed by atoms with van der Waals surface area (Å²) < 4.78 is 1.44. The van der Waals surface area contributed by atoms with Gasteiger partial charge in [0.05, 0.1) is 22.0 Å². The first-order chi connectivity index (χ1) is 14.2. The van der Waals surface area contributed by atoms with Crippen molar-refractivity contribution in [3.05, 3.63) is 95.3 Å². The van der Waals surface area contributed by atoms with Gasteiger partial charge in [0.25, 0.3) is 5.91 Å². The van der Waals surface area contributed by atoms with Gasteiger partial charge in [0.2, 0.25) is 0 Å². The second kappa shape index (κ2) is 8.53. The highest BCUT2D eigenvalue weighted by atomic mass is 35.5. The zero-order valence-corrected chi connectivity index (χ0v) is 16.0. The highest BCUT2D eigenvalue weighted by molar-refractivity contribution is 6.33. The van der Waals surface area contributed by atoms with E-state index in [1.54, 1.807) is 30.3 Å². The van der Waals surface area contributed by atoms with E-state index < -0.39 is 0 Å². The van der Waals surface area contributed by atoms with Crippen LogP contribution in [0.2, 0.25) is 5.02 Å². The largest absolute Gasteiger partial charge is 0.380 e. The molecule has 7 nitrogen and oxygen atoms in total. The van der Waals surface area contributed by atoms with Crippen LogP contribution in [0.5, 0.6) is 0 Å². The second-order valence-corrected chi connectivity index (χ2v) is 6.67. The zero-order valence-electron chi connectivity index (χ0n) is 15.3. The molecule has 0 atom stereocenters. The normalized spacial score (nSPS) is 10.5. The van der Waals surface area contributed by atoms with E-state index in [2.05, 4.69) is 26.2 Å². The number of nitrogens with one attached hydrogen (secondary N) is 2. The molecule has 0 aliphatic carbocycles. The lowest BCUT2D eigenvalue weighted by atomic mass is 10.1.